The van der Waals surface area contributed by atoms with Crippen LogP contribution in [-0.2, 0) is 4.79 Å². The van der Waals surface area contributed by atoms with E-state index in [0.717, 1.165) is 12.3 Å². The van der Waals surface area contributed by atoms with Crippen molar-refractivity contribution in [1.29, 1.82) is 0 Å². The van der Waals surface area contributed by atoms with Crippen LogP contribution < -0.4 is 5.32 Å². The minimum absolute atomic E-state index is 0.0885. The fourth-order valence-electron chi connectivity index (χ4n) is 0.686. The van der Waals surface area contributed by atoms with Gasteiger partial charge in [-0.05, 0) is 0 Å². The van der Waals surface area contributed by atoms with Crippen molar-refractivity contribution in [2.45, 2.75) is 12.8 Å². The summed E-state index contributed by atoms with van der Waals surface area (Å²) < 4.78 is 0. The summed E-state index contributed by atoms with van der Waals surface area (Å²) >= 11 is 0. The molecule has 1 amide bonds. The van der Waals surface area contributed by atoms with Gasteiger partial charge in [0.2, 0.25) is 5.91 Å². The normalized spacial score (nSPS) is 24.1. The van der Waals surface area contributed by atoms with Gasteiger partial charge < -0.3 is 5.32 Å². The van der Waals surface area contributed by atoms with Crippen LogP contribution in [0, 0.1) is 0 Å². The molecule has 44 valence electrons. The van der Waals surface area contributed by atoms with E-state index in [9.17, 15) is 4.79 Å². The summed E-state index contributed by atoms with van der Waals surface area (Å²) in [5, 5.41) is 2.61. The molecule has 1 saturated heterocycles. The van der Waals surface area contributed by atoms with Gasteiger partial charge in [0.1, 0.15) is 5.84 Å². The first-order valence-corrected chi connectivity index (χ1v) is 2.58. The van der Waals surface area contributed by atoms with E-state index in [0.29, 0.717) is 6.42 Å². The van der Waals surface area contributed by atoms with E-state index in [2.05, 4.69) is 10.3 Å². The Kier molecular flexibility index (Phi) is 1.28. The molecule has 1 aliphatic rings. The van der Waals surface area contributed by atoms with Crippen molar-refractivity contribution in [3.8, 4) is 0 Å². The second-order valence-corrected chi connectivity index (χ2v) is 1.72. The molecule has 0 saturated carbocycles. The summed E-state index contributed by atoms with van der Waals surface area (Å²) in [6, 6.07) is 0. The molecule has 3 nitrogen and oxygen atoms in total. The van der Waals surface area contributed by atoms with E-state index in [4.69, 9.17) is 0 Å². The van der Waals surface area contributed by atoms with E-state index < -0.39 is 0 Å². The van der Waals surface area contributed by atoms with E-state index in [1.54, 1.807) is 7.05 Å². The molecule has 0 radical (unpaired) electrons. The molecule has 0 spiro atoms. The molecule has 0 aromatic heterocycles. The summed E-state index contributed by atoms with van der Waals surface area (Å²) in [4.78, 5) is 14.2. The highest BCUT2D eigenvalue weighted by atomic mass is 16.1. The second-order valence-electron chi connectivity index (χ2n) is 1.72. The Labute approximate surface area is 47.8 Å². The lowest BCUT2D eigenvalue weighted by atomic mass is 10.4. The number of carbonyl (C=O) groups is 1. The van der Waals surface area contributed by atoms with E-state index in [-0.39, 0.29) is 5.91 Å². The maximum absolute atomic E-state index is 10.4. The number of amidine groups is 1. The zero-order valence-corrected chi connectivity index (χ0v) is 4.77. The number of nitrogens with zero attached hydrogens (tertiary/aromatic N) is 1. The Hall–Kier alpha value is -0.860. The maximum Gasteiger partial charge on any atom is 0.225 e. The van der Waals surface area contributed by atoms with Gasteiger partial charge in [-0.25, -0.2) is 0 Å². The van der Waals surface area contributed by atoms with Gasteiger partial charge in [0.05, 0.1) is 0 Å². The number of rotatable bonds is 0. The Bertz CT molecular complexity index is 139. The molecule has 1 fully saturated rings. The molecule has 1 rings (SSSR count). The van der Waals surface area contributed by atoms with Crippen molar-refractivity contribution < 1.29 is 4.79 Å². The Morgan fingerprint density at radius 2 is 2.38 bits per heavy atom. The molecule has 3 heteroatoms. The fraction of sp³-hybridized carbons (Fsp3) is 0.600. The van der Waals surface area contributed by atoms with Gasteiger partial charge in [0.15, 0.2) is 0 Å². The summed E-state index contributed by atoms with van der Waals surface area (Å²) in [5.74, 6) is 0.903. The van der Waals surface area contributed by atoms with Gasteiger partial charge in [-0.3, -0.25) is 9.79 Å². The van der Waals surface area contributed by atoms with Crippen molar-refractivity contribution in [2.24, 2.45) is 4.99 Å². The largest absolute Gasteiger partial charge is 0.315 e. The van der Waals surface area contributed by atoms with Gasteiger partial charge in [-0.1, -0.05) is 0 Å². The Morgan fingerprint density at radius 3 is 2.62 bits per heavy atom. The van der Waals surface area contributed by atoms with Crippen LogP contribution >= 0.6 is 0 Å². The van der Waals surface area contributed by atoms with Gasteiger partial charge in [0, 0.05) is 19.9 Å². The third-order valence-corrected chi connectivity index (χ3v) is 1.14. The summed E-state index contributed by atoms with van der Waals surface area (Å²) in [6.45, 7) is 0. The average Bonchev–Trinajstić information content (AvgIpc) is 2.14. The van der Waals surface area contributed by atoms with Gasteiger partial charge >= 0.3 is 0 Å². The van der Waals surface area contributed by atoms with E-state index in [1.807, 2.05) is 0 Å². The first kappa shape index (κ1) is 5.28. The second kappa shape index (κ2) is 1.94. The molecule has 0 aromatic rings. The van der Waals surface area contributed by atoms with Crippen molar-refractivity contribution in [3.05, 3.63) is 0 Å². The SMILES string of the molecule is CN=C1CCC(=O)N1. The predicted molar refractivity (Wildman–Crippen MR) is 30.7 cm³/mol. The zero-order valence-electron chi connectivity index (χ0n) is 4.77. The summed E-state index contributed by atoms with van der Waals surface area (Å²) in [6.07, 6.45) is 1.39. The van der Waals surface area contributed by atoms with Crippen LogP contribution in [0.1, 0.15) is 12.8 Å². The number of hydrogen-bond acceptors (Lipinski definition) is 2. The molecular formula is C5H8N2O. The van der Waals surface area contributed by atoms with Crippen molar-refractivity contribution in [2.75, 3.05) is 7.05 Å². The van der Waals surface area contributed by atoms with Crippen molar-refractivity contribution in [1.82, 2.24) is 5.32 Å². The number of amides is 1. The minimum Gasteiger partial charge on any atom is -0.315 e. The molecule has 1 N–H and O–H groups in total. The van der Waals surface area contributed by atoms with Gasteiger partial charge in [-0.2, -0.15) is 0 Å². The van der Waals surface area contributed by atoms with Crippen LogP contribution in [-0.4, -0.2) is 18.8 Å². The number of hydrogen-bond donors (Lipinski definition) is 1. The number of aliphatic imine (C=N–C) groups is 1. The molecule has 0 atom stereocenters. The summed E-state index contributed by atoms with van der Waals surface area (Å²) in [7, 11) is 1.68. The number of nitrogens with one attached hydrogen (secondary N) is 1. The lowest BCUT2D eigenvalue weighted by molar-refractivity contribution is -0.118. The van der Waals surface area contributed by atoms with Crippen molar-refractivity contribution in [3.63, 3.8) is 0 Å². The van der Waals surface area contributed by atoms with Crippen LogP contribution in [0.25, 0.3) is 0 Å². The quantitative estimate of drug-likeness (QED) is 0.468. The van der Waals surface area contributed by atoms with Crippen LogP contribution in [0.5, 0.6) is 0 Å². The molecule has 8 heavy (non-hydrogen) atoms. The van der Waals surface area contributed by atoms with Crippen LogP contribution in [0.2, 0.25) is 0 Å². The lowest BCUT2D eigenvalue weighted by Gasteiger charge is -1.88. The standard InChI is InChI=1S/C5H8N2O/c1-6-4-2-3-5(8)7-4/h2-3H2,1H3,(H,6,7,8). The van der Waals surface area contributed by atoms with E-state index in [1.165, 1.54) is 0 Å². The molecular weight excluding hydrogens is 104 g/mol. The minimum atomic E-state index is 0.0885. The molecule has 0 unspecified atom stereocenters. The first-order chi connectivity index (χ1) is 3.83. The van der Waals surface area contributed by atoms with Crippen LogP contribution in [0.3, 0.4) is 0 Å². The smallest absolute Gasteiger partial charge is 0.225 e. The summed E-state index contributed by atoms with van der Waals surface area (Å²) in [5.41, 5.74) is 0. The molecule has 0 bridgehead atoms. The number of carbonyl (C=O) groups excluding carboxylic acids is 1. The van der Waals surface area contributed by atoms with Crippen LogP contribution in [0.4, 0.5) is 0 Å². The van der Waals surface area contributed by atoms with E-state index >= 15 is 0 Å². The predicted octanol–water partition coefficient (Wildman–Crippen LogP) is -0.0753. The van der Waals surface area contributed by atoms with Gasteiger partial charge in [0.25, 0.3) is 0 Å². The highest BCUT2D eigenvalue weighted by molar-refractivity contribution is 6.04. The fourth-order valence-corrected chi connectivity index (χ4v) is 0.686. The van der Waals surface area contributed by atoms with Crippen LogP contribution in [0.15, 0.2) is 4.99 Å². The molecule has 0 aromatic carbocycles. The zero-order chi connectivity index (χ0) is 5.98. The highest BCUT2D eigenvalue weighted by Crippen LogP contribution is 1.98. The van der Waals surface area contributed by atoms with Crippen molar-refractivity contribution >= 4 is 11.7 Å². The first-order valence-electron chi connectivity index (χ1n) is 2.58. The Balaban J connectivity index is 2.56. The highest BCUT2D eigenvalue weighted by Gasteiger charge is 2.13. The molecule has 1 aliphatic heterocycles. The monoisotopic (exact) mass is 112 g/mol. The topological polar surface area (TPSA) is 41.5 Å². The maximum atomic E-state index is 10.4. The lowest BCUT2D eigenvalue weighted by Crippen LogP contribution is -2.19. The average molecular weight is 112 g/mol. The third kappa shape index (κ3) is 0.857. The third-order valence-electron chi connectivity index (χ3n) is 1.14. The molecule has 1 heterocycles. The van der Waals surface area contributed by atoms with Gasteiger partial charge in [-0.15, -0.1) is 0 Å². The molecule has 0 aliphatic carbocycles. The Morgan fingerprint density at radius 1 is 1.62 bits per heavy atom.